The van der Waals surface area contributed by atoms with E-state index >= 15 is 0 Å². The fraction of sp³-hybridized carbons (Fsp3) is 0.250. The molecule has 1 atom stereocenters. The van der Waals surface area contributed by atoms with Crippen LogP contribution in [0.25, 0.3) is 0 Å². The molecule has 0 N–H and O–H groups in total. The van der Waals surface area contributed by atoms with Crippen LogP contribution in [0.15, 0.2) is 36.5 Å². The minimum absolute atomic E-state index is 0.0910. The average molecular weight is 329 g/mol. The first kappa shape index (κ1) is 15.3. The van der Waals surface area contributed by atoms with Gasteiger partial charge in [-0.1, -0.05) is 23.7 Å². The number of anilines is 1. The van der Waals surface area contributed by atoms with Crippen molar-refractivity contribution in [3.8, 4) is 6.07 Å². The van der Waals surface area contributed by atoms with Crippen molar-refractivity contribution in [3.63, 3.8) is 0 Å². The fourth-order valence-electron chi connectivity index (χ4n) is 2.91. The molecular weight excluding hydrogens is 316 g/mol. The molecule has 1 aliphatic heterocycles. The summed E-state index contributed by atoms with van der Waals surface area (Å²) in [4.78, 5) is 16.5. The number of hydrogen-bond acceptors (Lipinski definition) is 5. The van der Waals surface area contributed by atoms with Crippen LogP contribution in [0, 0.1) is 21.4 Å². The van der Waals surface area contributed by atoms with Gasteiger partial charge in [-0.3, -0.25) is 10.1 Å². The van der Waals surface area contributed by atoms with Crippen molar-refractivity contribution in [2.24, 2.45) is 0 Å². The standard InChI is InChI=1S/C16H13ClN4O2/c17-13-5-3-11(4-6-13)15-2-1-7-20(15)16-12(9-18)8-14(10-19-16)21(22)23/h3-6,8,10,15H,1-2,7H2. The Morgan fingerprint density at radius 3 is 2.78 bits per heavy atom. The smallest absolute Gasteiger partial charge is 0.289 e. The Hall–Kier alpha value is -2.65. The maximum absolute atomic E-state index is 10.8. The molecule has 1 unspecified atom stereocenters. The Kier molecular flexibility index (Phi) is 4.13. The zero-order chi connectivity index (χ0) is 16.4. The second kappa shape index (κ2) is 6.23. The SMILES string of the molecule is N#Cc1cc([N+](=O)[O-])cnc1N1CCCC1c1ccc(Cl)cc1. The van der Waals surface area contributed by atoms with E-state index in [2.05, 4.69) is 4.98 Å². The van der Waals surface area contributed by atoms with E-state index in [0.717, 1.165) is 24.9 Å². The van der Waals surface area contributed by atoms with Gasteiger partial charge in [0.05, 0.1) is 11.0 Å². The van der Waals surface area contributed by atoms with Crippen LogP contribution in [-0.4, -0.2) is 16.5 Å². The Morgan fingerprint density at radius 2 is 2.13 bits per heavy atom. The molecule has 2 aromatic rings. The molecule has 1 fully saturated rings. The van der Waals surface area contributed by atoms with Crippen LogP contribution in [0.2, 0.25) is 5.02 Å². The number of pyridine rings is 1. The summed E-state index contributed by atoms with van der Waals surface area (Å²) in [6, 6.07) is 11.0. The van der Waals surface area contributed by atoms with E-state index in [-0.39, 0.29) is 17.3 Å². The molecule has 1 aromatic carbocycles. The van der Waals surface area contributed by atoms with Crippen molar-refractivity contribution >= 4 is 23.1 Å². The summed E-state index contributed by atoms with van der Waals surface area (Å²) in [5, 5.41) is 20.8. The van der Waals surface area contributed by atoms with Gasteiger partial charge >= 0.3 is 0 Å². The maximum atomic E-state index is 10.8. The number of halogens is 1. The first-order valence-corrected chi connectivity index (χ1v) is 7.54. The number of nitriles is 1. The lowest BCUT2D eigenvalue weighted by Gasteiger charge is -2.26. The number of benzene rings is 1. The van der Waals surface area contributed by atoms with E-state index in [1.807, 2.05) is 35.2 Å². The Balaban J connectivity index is 1.98. The summed E-state index contributed by atoms with van der Waals surface area (Å²) in [5.74, 6) is 0.496. The molecule has 23 heavy (non-hydrogen) atoms. The highest BCUT2D eigenvalue weighted by Gasteiger charge is 2.29. The van der Waals surface area contributed by atoms with Gasteiger partial charge in [-0.15, -0.1) is 0 Å². The van der Waals surface area contributed by atoms with Gasteiger partial charge in [0.1, 0.15) is 23.6 Å². The third kappa shape index (κ3) is 2.96. The van der Waals surface area contributed by atoms with Crippen molar-refractivity contribution in [1.29, 1.82) is 5.26 Å². The van der Waals surface area contributed by atoms with E-state index in [9.17, 15) is 15.4 Å². The van der Waals surface area contributed by atoms with Gasteiger partial charge in [-0.05, 0) is 30.5 Å². The van der Waals surface area contributed by atoms with Crippen molar-refractivity contribution in [3.05, 3.63) is 62.8 Å². The highest BCUT2D eigenvalue weighted by molar-refractivity contribution is 6.30. The van der Waals surface area contributed by atoms with E-state index in [4.69, 9.17) is 11.6 Å². The van der Waals surface area contributed by atoms with Gasteiger partial charge in [0.2, 0.25) is 0 Å². The Morgan fingerprint density at radius 1 is 1.39 bits per heavy atom. The van der Waals surface area contributed by atoms with Crippen LogP contribution in [0.3, 0.4) is 0 Å². The number of nitrogens with zero attached hydrogens (tertiary/aromatic N) is 4. The lowest BCUT2D eigenvalue weighted by molar-refractivity contribution is -0.385. The van der Waals surface area contributed by atoms with Gasteiger partial charge in [0.15, 0.2) is 0 Å². The van der Waals surface area contributed by atoms with Crippen molar-refractivity contribution in [1.82, 2.24) is 4.98 Å². The van der Waals surface area contributed by atoms with Gasteiger partial charge in [-0.2, -0.15) is 5.26 Å². The number of nitro groups is 1. The summed E-state index contributed by atoms with van der Waals surface area (Å²) in [6.45, 7) is 0.757. The van der Waals surface area contributed by atoms with E-state index in [1.54, 1.807) is 0 Å². The summed E-state index contributed by atoms with van der Waals surface area (Å²) in [7, 11) is 0. The summed E-state index contributed by atoms with van der Waals surface area (Å²) >= 11 is 5.93. The average Bonchev–Trinajstić information content (AvgIpc) is 3.04. The predicted molar refractivity (Wildman–Crippen MR) is 86.4 cm³/mol. The molecule has 0 spiro atoms. The van der Waals surface area contributed by atoms with Gasteiger partial charge in [0.25, 0.3) is 5.69 Å². The first-order chi connectivity index (χ1) is 11.1. The van der Waals surface area contributed by atoms with Crippen LogP contribution < -0.4 is 4.90 Å². The molecule has 0 saturated carbocycles. The zero-order valence-electron chi connectivity index (χ0n) is 12.1. The highest BCUT2D eigenvalue weighted by atomic mass is 35.5. The lowest BCUT2D eigenvalue weighted by atomic mass is 10.0. The Labute approximate surface area is 138 Å². The lowest BCUT2D eigenvalue weighted by Crippen LogP contribution is -2.24. The van der Waals surface area contributed by atoms with E-state index < -0.39 is 4.92 Å². The Bertz CT molecular complexity index is 786. The highest BCUT2D eigenvalue weighted by Crippen LogP contribution is 2.37. The first-order valence-electron chi connectivity index (χ1n) is 7.17. The molecule has 0 bridgehead atoms. The van der Waals surface area contributed by atoms with Gasteiger partial charge in [-0.25, -0.2) is 4.98 Å². The van der Waals surface area contributed by atoms with E-state index in [1.165, 1.54) is 12.3 Å². The van der Waals surface area contributed by atoms with Crippen molar-refractivity contribution < 1.29 is 4.92 Å². The second-order valence-corrected chi connectivity index (χ2v) is 5.77. The monoisotopic (exact) mass is 328 g/mol. The molecule has 6 nitrogen and oxygen atoms in total. The van der Waals surface area contributed by atoms with Gasteiger partial charge < -0.3 is 4.90 Å². The van der Waals surface area contributed by atoms with Gasteiger partial charge in [0, 0.05) is 17.6 Å². The molecule has 0 amide bonds. The normalized spacial score (nSPS) is 17.0. The largest absolute Gasteiger partial charge is 0.348 e. The van der Waals surface area contributed by atoms with Crippen LogP contribution in [0.4, 0.5) is 11.5 Å². The van der Waals surface area contributed by atoms with E-state index in [0.29, 0.717) is 10.8 Å². The molecule has 0 radical (unpaired) electrons. The fourth-order valence-corrected chi connectivity index (χ4v) is 3.04. The summed E-state index contributed by atoms with van der Waals surface area (Å²) in [5.41, 5.74) is 1.14. The summed E-state index contributed by atoms with van der Waals surface area (Å²) in [6.07, 6.45) is 3.11. The molecule has 1 saturated heterocycles. The predicted octanol–water partition coefficient (Wildman–Crippen LogP) is 3.86. The van der Waals surface area contributed by atoms with Crippen LogP contribution in [-0.2, 0) is 0 Å². The number of rotatable bonds is 3. The van der Waals surface area contributed by atoms with Crippen LogP contribution in [0.5, 0.6) is 0 Å². The molecular formula is C16H13ClN4O2. The molecule has 1 aromatic heterocycles. The zero-order valence-corrected chi connectivity index (χ0v) is 12.9. The minimum Gasteiger partial charge on any atom is -0.348 e. The second-order valence-electron chi connectivity index (χ2n) is 5.34. The molecule has 3 rings (SSSR count). The molecule has 7 heteroatoms. The molecule has 2 heterocycles. The quantitative estimate of drug-likeness (QED) is 0.631. The summed E-state index contributed by atoms with van der Waals surface area (Å²) < 4.78 is 0. The van der Waals surface area contributed by atoms with Crippen LogP contribution >= 0.6 is 11.6 Å². The number of hydrogen-bond donors (Lipinski definition) is 0. The molecule has 1 aliphatic rings. The third-order valence-corrected chi connectivity index (χ3v) is 4.22. The van der Waals surface area contributed by atoms with Crippen LogP contribution in [0.1, 0.15) is 30.0 Å². The topological polar surface area (TPSA) is 83.1 Å². The van der Waals surface area contributed by atoms with Crippen molar-refractivity contribution in [2.75, 3.05) is 11.4 Å². The minimum atomic E-state index is -0.543. The molecule has 0 aliphatic carbocycles. The third-order valence-electron chi connectivity index (χ3n) is 3.96. The number of aromatic nitrogens is 1. The molecule has 116 valence electrons. The maximum Gasteiger partial charge on any atom is 0.289 e. The van der Waals surface area contributed by atoms with Crippen molar-refractivity contribution in [2.45, 2.75) is 18.9 Å².